The standard InChI is InChI=1S/C28H29N3O5/c1-19(32)20-13-15-23(16-14-20)31(25(33)18-29-27(34)24-12-7-17-36-24)26(21-8-3-2-4-9-21)28(35)30-22-10-5-6-11-22/h2-4,7-9,12-17,22,26H,5-6,10-11,18H2,1H3,(H,29,34)(H,30,35)/t26-/m0/s1. The molecule has 0 saturated heterocycles. The number of hydrogen-bond donors (Lipinski definition) is 2. The molecule has 0 radical (unpaired) electrons. The first kappa shape index (κ1) is 24.9. The van der Waals surface area contributed by atoms with Crippen LogP contribution in [0.3, 0.4) is 0 Å². The van der Waals surface area contributed by atoms with Crippen molar-refractivity contribution in [1.82, 2.24) is 10.6 Å². The molecule has 2 aromatic carbocycles. The number of carbonyl (C=O) groups excluding carboxylic acids is 4. The predicted octanol–water partition coefficient (Wildman–Crippen LogP) is 4.05. The Balaban J connectivity index is 1.68. The number of benzene rings is 2. The van der Waals surface area contributed by atoms with Crippen molar-refractivity contribution >= 4 is 29.2 Å². The lowest BCUT2D eigenvalue weighted by Gasteiger charge is -2.32. The monoisotopic (exact) mass is 487 g/mol. The average molecular weight is 488 g/mol. The van der Waals surface area contributed by atoms with E-state index in [9.17, 15) is 19.2 Å². The summed E-state index contributed by atoms with van der Waals surface area (Å²) in [6, 6.07) is 17.7. The van der Waals surface area contributed by atoms with Crippen molar-refractivity contribution in [3.05, 3.63) is 89.9 Å². The van der Waals surface area contributed by atoms with Crippen molar-refractivity contribution in [3.8, 4) is 0 Å². The van der Waals surface area contributed by atoms with Gasteiger partial charge in [0, 0.05) is 17.3 Å². The molecule has 1 aliphatic rings. The zero-order valence-corrected chi connectivity index (χ0v) is 20.1. The number of nitrogens with zero attached hydrogens (tertiary/aromatic N) is 1. The van der Waals surface area contributed by atoms with Gasteiger partial charge < -0.3 is 15.1 Å². The quantitative estimate of drug-likeness (QED) is 0.443. The van der Waals surface area contributed by atoms with Crippen LogP contribution in [0.4, 0.5) is 5.69 Å². The van der Waals surface area contributed by atoms with E-state index in [1.54, 1.807) is 42.5 Å². The number of anilines is 1. The van der Waals surface area contributed by atoms with Gasteiger partial charge in [-0.3, -0.25) is 24.1 Å². The minimum Gasteiger partial charge on any atom is -0.459 e. The van der Waals surface area contributed by atoms with Crippen molar-refractivity contribution in [2.45, 2.75) is 44.7 Å². The fraction of sp³-hybridized carbons (Fsp3) is 0.286. The molecule has 8 heteroatoms. The van der Waals surface area contributed by atoms with Gasteiger partial charge in [-0.25, -0.2) is 0 Å². The Morgan fingerprint density at radius 3 is 2.25 bits per heavy atom. The molecule has 1 fully saturated rings. The fourth-order valence-corrected chi connectivity index (χ4v) is 4.43. The zero-order valence-electron chi connectivity index (χ0n) is 20.1. The lowest BCUT2D eigenvalue weighted by atomic mass is 10.0. The molecule has 1 heterocycles. The molecule has 1 aliphatic carbocycles. The number of carbonyl (C=O) groups is 4. The van der Waals surface area contributed by atoms with Gasteiger partial charge in [-0.15, -0.1) is 0 Å². The van der Waals surface area contributed by atoms with Gasteiger partial charge in [0.2, 0.25) is 11.8 Å². The van der Waals surface area contributed by atoms with Gasteiger partial charge in [-0.1, -0.05) is 43.2 Å². The number of nitrogens with one attached hydrogen (secondary N) is 2. The Labute approximate surface area is 209 Å². The van der Waals surface area contributed by atoms with Gasteiger partial charge in [-0.05, 0) is 61.7 Å². The summed E-state index contributed by atoms with van der Waals surface area (Å²) in [5.41, 5.74) is 1.56. The highest BCUT2D eigenvalue weighted by molar-refractivity contribution is 6.04. The van der Waals surface area contributed by atoms with Crippen molar-refractivity contribution < 1.29 is 23.6 Å². The van der Waals surface area contributed by atoms with Crippen LogP contribution in [-0.2, 0) is 9.59 Å². The molecule has 1 aromatic heterocycles. The van der Waals surface area contributed by atoms with Gasteiger partial charge in [0.1, 0.15) is 6.04 Å². The highest BCUT2D eigenvalue weighted by Crippen LogP contribution is 2.29. The minimum absolute atomic E-state index is 0.0550. The van der Waals surface area contributed by atoms with Crippen molar-refractivity contribution in [2.24, 2.45) is 0 Å². The van der Waals surface area contributed by atoms with Crippen LogP contribution in [0.15, 0.2) is 77.4 Å². The average Bonchev–Trinajstić information content (AvgIpc) is 3.61. The van der Waals surface area contributed by atoms with E-state index in [0.717, 1.165) is 25.7 Å². The summed E-state index contributed by atoms with van der Waals surface area (Å²) in [5, 5.41) is 5.68. The fourth-order valence-electron chi connectivity index (χ4n) is 4.43. The summed E-state index contributed by atoms with van der Waals surface area (Å²) in [6.45, 7) is 1.11. The van der Waals surface area contributed by atoms with Gasteiger partial charge in [0.05, 0.1) is 12.8 Å². The number of ketones is 1. The van der Waals surface area contributed by atoms with E-state index in [2.05, 4.69) is 10.6 Å². The van der Waals surface area contributed by atoms with Crippen LogP contribution in [0.5, 0.6) is 0 Å². The normalized spacial score (nSPS) is 14.1. The van der Waals surface area contributed by atoms with Crippen LogP contribution >= 0.6 is 0 Å². The summed E-state index contributed by atoms with van der Waals surface area (Å²) in [7, 11) is 0. The summed E-state index contributed by atoms with van der Waals surface area (Å²) in [4.78, 5) is 52.9. The highest BCUT2D eigenvalue weighted by Gasteiger charge is 2.34. The molecule has 4 rings (SSSR count). The number of amides is 3. The van der Waals surface area contributed by atoms with Crippen molar-refractivity contribution in [1.29, 1.82) is 0 Å². The summed E-state index contributed by atoms with van der Waals surface area (Å²) < 4.78 is 5.10. The Bertz CT molecular complexity index is 1200. The predicted molar refractivity (Wildman–Crippen MR) is 135 cm³/mol. The molecule has 186 valence electrons. The van der Waals surface area contributed by atoms with Crippen LogP contribution < -0.4 is 15.5 Å². The van der Waals surface area contributed by atoms with E-state index in [1.807, 2.05) is 18.2 Å². The second kappa shape index (κ2) is 11.5. The molecular formula is C28H29N3O5. The lowest BCUT2D eigenvalue weighted by molar-refractivity contribution is -0.126. The molecule has 0 unspecified atom stereocenters. The van der Waals surface area contributed by atoms with Crippen LogP contribution in [-0.4, -0.2) is 36.1 Å². The number of Topliss-reactive ketones (excluding diaryl/α,β-unsaturated/α-hetero) is 1. The van der Waals surface area contributed by atoms with E-state index in [-0.39, 0.29) is 30.0 Å². The maximum absolute atomic E-state index is 13.7. The van der Waals surface area contributed by atoms with Crippen LogP contribution in [0, 0.1) is 0 Å². The van der Waals surface area contributed by atoms with Gasteiger partial charge in [0.15, 0.2) is 11.5 Å². The minimum atomic E-state index is -0.969. The Kier molecular flexibility index (Phi) is 7.95. The first-order valence-corrected chi connectivity index (χ1v) is 12.0. The van der Waals surface area contributed by atoms with Crippen LogP contribution in [0.1, 0.15) is 65.1 Å². The van der Waals surface area contributed by atoms with Gasteiger partial charge >= 0.3 is 0 Å². The molecule has 3 aromatic rings. The third-order valence-electron chi connectivity index (χ3n) is 6.29. The molecule has 1 atom stereocenters. The van der Waals surface area contributed by atoms with Gasteiger partial charge in [-0.2, -0.15) is 0 Å². The van der Waals surface area contributed by atoms with Crippen molar-refractivity contribution in [3.63, 3.8) is 0 Å². The van der Waals surface area contributed by atoms with Gasteiger partial charge in [0.25, 0.3) is 5.91 Å². The van der Waals surface area contributed by atoms with E-state index >= 15 is 0 Å². The third kappa shape index (κ3) is 5.89. The summed E-state index contributed by atoms with van der Waals surface area (Å²) in [5.74, 6) is -1.34. The molecule has 1 saturated carbocycles. The largest absolute Gasteiger partial charge is 0.459 e. The third-order valence-corrected chi connectivity index (χ3v) is 6.29. The molecule has 0 bridgehead atoms. The van der Waals surface area contributed by atoms with E-state index in [4.69, 9.17) is 4.42 Å². The molecule has 8 nitrogen and oxygen atoms in total. The number of rotatable bonds is 9. The first-order chi connectivity index (χ1) is 17.4. The van der Waals surface area contributed by atoms with Crippen LogP contribution in [0.2, 0.25) is 0 Å². The Hall–Kier alpha value is -4.20. The topological polar surface area (TPSA) is 109 Å². The van der Waals surface area contributed by atoms with E-state index < -0.39 is 17.9 Å². The zero-order chi connectivity index (χ0) is 25.5. The lowest BCUT2D eigenvalue weighted by Crippen LogP contribution is -2.49. The summed E-state index contributed by atoms with van der Waals surface area (Å²) >= 11 is 0. The first-order valence-electron chi connectivity index (χ1n) is 12.0. The molecule has 0 spiro atoms. The number of furan rings is 1. The Morgan fingerprint density at radius 1 is 0.944 bits per heavy atom. The molecule has 3 amide bonds. The SMILES string of the molecule is CC(=O)c1ccc(N(C(=O)CNC(=O)c2ccco2)[C@H](C(=O)NC2CCCC2)c2ccccc2)cc1. The molecular weight excluding hydrogens is 458 g/mol. The summed E-state index contributed by atoms with van der Waals surface area (Å²) in [6.07, 6.45) is 5.27. The second-order valence-electron chi connectivity index (χ2n) is 8.83. The van der Waals surface area contributed by atoms with Crippen molar-refractivity contribution in [2.75, 3.05) is 11.4 Å². The molecule has 0 aliphatic heterocycles. The van der Waals surface area contributed by atoms with Crippen LogP contribution in [0.25, 0.3) is 0 Å². The van der Waals surface area contributed by atoms with E-state index in [1.165, 1.54) is 24.2 Å². The van der Waals surface area contributed by atoms with E-state index in [0.29, 0.717) is 16.8 Å². The molecule has 2 N–H and O–H groups in total. The number of hydrogen-bond acceptors (Lipinski definition) is 5. The highest BCUT2D eigenvalue weighted by atomic mass is 16.3. The maximum Gasteiger partial charge on any atom is 0.287 e. The second-order valence-corrected chi connectivity index (χ2v) is 8.83. The maximum atomic E-state index is 13.7. The Morgan fingerprint density at radius 2 is 1.64 bits per heavy atom. The smallest absolute Gasteiger partial charge is 0.287 e. The molecule has 36 heavy (non-hydrogen) atoms.